The van der Waals surface area contributed by atoms with Crippen molar-refractivity contribution in [2.24, 2.45) is 17.8 Å². The minimum Gasteiger partial charge on any atom is -0.326 e. The number of hydrogen-bond acceptors (Lipinski definition) is 2. The largest absolute Gasteiger partial charge is 0.326 e. The Balaban J connectivity index is 0.000000502. The van der Waals surface area contributed by atoms with Crippen molar-refractivity contribution < 1.29 is 17.5 Å². The fraction of sp³-hybridized carbons (Fsp3) is 0.793. The zero-order chi connectivity index (χ0) is 27.3. The van der Waals surface area contributed by atoms with Gasteiger partial charge in [0.05, 0.1) is 50.1 Å². The van der Waals surface area contributed by atoms with Crippen LogP contribution in [0.3, 0.4) is 0 Å². The average molecular weight is 532 g/mol. The van der Waals surface area contributed by atoms with Crippen molar-refractivity contribution >= 4 is 17.4 Å². The SMILES string of the molecule is CC(C)C[P+](C)(CC(C)C)CC(C)C.CCCC[N+]1(C)CCCC1.Cc1ccc(S(=O)(=O)O)cc1. The van der Waals surface area contributed by atoms with Crippen molar-refractivity contribution in [1.29, 1.82) is 0 Å². The van der Waals surface area contributed by atoms with E-state index in [1.54, 1.807) is 12.1 Å². The van der Waals surface area contributed by atoms with Crippen LogP contribution >= 0.6 is 7.26 Å². The van der Waals surface area contributed by atoms with Gasteiger partial charge in [0.25, 0.3) is 10.1 Å². The summed E-state index contributed by atoms with van der Waals surface area (Å²) in [6.07, 6.45) is 10.2. The lowest BCUT2D eigenvalue weighted by Crippen LogP contribution is -2.41. The summed E-state index contributed by atoms with van der Waals surface area (Å²) >= 11 is 0. The predicted octanol–water partition coefficient (Wildman–Crippen LogP) is 7.87. The predicted molar refractivity (Wildman–Crippen MR) is 158 cm³/mol. The highest BCUT2D eigenvalue weighted by Crippen LogP contribution is 2.58. The molecule has 0 atom stereocenters. The summed E-state index contributed by atoms with van der Waals surface area (Å²) in [5, 5.41) is 0. The number of unbranched alkanes of at least 4 members (excludes halogenated alkanes) is 1. The van der Waals surface area contributed by atoms with Crippen LogP contribution in [0.25, 0.3) is 0 Å². The van der Waals surface area contributed by atoms with Crippen LogP contribution in [0.4, 0.5) is 0 Å². The number of benzene rings is 1. The molecule has 0 spiro atoms. The first-order chi connectivity index (χ1) is 16.0. The maximum absolute atomic E-state index is 10.5. The van der Waals surface area contributed by atoms with Gasteiger partial charge in [0.15, 0.2) is 0 Å². The summed E-state index contributed by atoms with van der Waals surface area (Å²) in [6, 6.07) is 5.99. The van der Waals surface area contributed by atoms with E-state index in [2.05, 4.69) is 62.2 Å². The summed E-state index contributed by atoms with van der Waals surface area (Å²) in [5.74, 6) is 2.64. The first-order valence-electron chi connectivity index (χ1n) is 13.7. The highest BCUT2D eigenvalue weighted by molar-refractivity contribution is 7.85. The Bertz CT molecular complexity index is 756. The van der Waals surface area contributed by atoms with Crippen molar-refractivity contribution in [3.05, 3.63) is 29.8 Å². The molecule has 0 unspecified atom stereocenters. The van der Waals surface area contributed by atoms with Gasteiger partial charge < -0.3 is 4.48 Å². The van der Waals surface area contributed by atoms with Crippen molar-refractivity contribution in [1.82, 2.24) is 0 Å². The molecule has 0 aromatic heterocycles. The van der Waals surface area contributed by atoms with Crippen LogP contribution in [0.5, 0.6) is 0 Å². The lowest BCUT2D eigenvalue weighted by molar-refractivity contribution is -0.897. The number of rotatable bonds is 10. The van der Waals surface area contributed by atoms with E-state index in [0.717, 1.165) is 23.3 Å². The van der Waals surface area contributed by atoms with E-state index < -0.39 is 17.4 Å². The van der Waals surface area contributed by atoms with E-state index in [0.29, 0.717) is 0 Å². The quantitative estimate of drug-likeness (QED) is 0.190. The fourth-order valence-corrected chi connectivity index (χ4v) is 11.7. The molecular formula is C29H58NO3PS+2. The minimum atomic E-state index is -4.02. The second-order valence-electron chi connectivity index (χ2n) is 12.5. The molecule has 1 aromatic carbocycles. The fourth-order valence-electron chi connectivity index (χ4n) is 5.44. The number of hydrogen-bond donors (Lipinski definition) is 1. The zero-order valence-corrected chi connectivity index (χ0v) is 26.4. The summed E-state index contributed by atoms with van der Waals surface area (Å²) < 4.78 is 30.9. The lowest BCUT2D eigenvalue weighted by Gasteiger charge is -2.28. The van der Waals surface area contributed by atoms with Gasteiger partial charge in [0, 0.05) is 26.8 Å². The monoisotopic (exact) mass is 531 g/mol. The topological polar surface area (TPSA) is 54.4 Å². The second kappa shape index (κ2) is 16.4. The zero-order valence-electron chi connectivity index (χ0n) is 24.7. The lowest BCUT2D eigenvalue weighted by atomic mass is 10.2. The van der Waals surface area contributed by atoms with Gasteiger partial charge in [-0.25, -0.2) is 0 Å². The minimum absolute atomic E-state index is 0.0666. The molecule has 0 radical (unpaired) electrons. The normalized spacial score (nSPS) is 15.6. The number of quaternary nitrogens is 1. The Morgan fingerprint density at radius 3 is 1.60 bits per heavy atom. The molecule has 0 aliphatic carbocycles. The Kier molecular flexibility index (Phi) is 16.2. The molecule has 206 valence electrons. The smallest absolute Gasteiger partial charge is 0.294 e. The van der Waals surface area contributed by atoms with Gasteiger partial charge in [-0.05, 0) is 43.2 Å². The molecule has 35 heavy (non-hydrogen) atoms. The molecule has 4 nitrogen and oxygen atoms in total. The van der Waals surface area contributed by atoms with Crippen LogP contribution in [0.15, 0.2) is 29.2 Å². The van der Waals surface area contributed by atoms with Crippen molar-refractivity contribution in [2.45, 2.75) is 86.0 Å². The van der Waals surface area contributed by atoms with Gasteiger partial charge in [0.1, 0.15) is 0 Å². The first-order valence-corrected chi connectivity index (χ1v) is 18.0. The van der Waals surface area contributed by atoms with Gasteiger partial charge in [-0.2, -0.15) is 8.42 Å². The molecule has 1 aliphatic heterocycles. The maximum atomic E-state index is 10.5. The Hall–Kier alpha value is -0.480. The molecular weight excluding hydrogens is 473 g/mol. The van der Waals surface area contributed by atoms with Crippen LogP contribution in [-0.4, -0.2) is 69.3 Å². The van der Waals surface area contributed by atoms with Crippen LogP contribution in [-0.2, 0) is 10.1 Å². The Morgan fingerprint density at radius 1 is 0.886 bits per heavy atom. The molecule has 1 heterocycles. The molecule has 0 saturated carbocycles. The summed E-state index contributed by atoms with van der Waals surface area (Å²) in [4.78, 5) is -0.0666. The number of likely N-dealkylation sites (tertiary alicyclic amines) is 1. The Labute approximate surface area is 220 Å². The molecule has 1 saturated heterocycles. The summed E-state index contributed by atoms with van der Waals surface area (Å²) in [6.45, 7) is 25.2. The number of nitrogens with zero attached hydrogens (tertiary/aromatic N) is 1. The molecule has 6 heteroatoms. The van der Waals surface area contributed by atoms with Crippen molar-refractivity contribution in [3.63, 3.8) is 0 Å². The second-order valence-corrected chi connectivity index (χ2v) is 18.2. The van der Waals surface area contributed by atoms with Crippen LogP contribution in [0.2, 0.25) is 0 Å². The highest BCUT2D eigenvalue weighted by atomic mass is 32.2. The Morgan fingerprint density at radius 2 is 1.29 bits per heavy atom. The molecule has 1 N–H and O–H groups in total. The van der Waals surface area contributed by atoms with Gasteiger partial charge in [-0.3, -0.25) is 4.55 Å². The van der Waals surface area contributed by atoms with Crippen LogP contribution < -0.4 is 0 Å². The van der Waals surface area contributed by atoms with E-state index >= 15 is 0 Å². The third-order valence-corrected chi connectivity index (χ3v) is 12.1. The molecule has 1 aromatic rings. The van der Waals surface area contributed by atoms with E-state index in [-0.39, 0.29) is 4.90 Å². The maximum Gasteiger partial charge on any atom is 0.294 e. The summed E-state index contributed by atoms with van der Waals surface area (Å²) in [5.41, 5.74) is 0.956. The third-order valence-electron chi connectivity index (χ3n) is 6.43. The van der Waals surface area contributed by atoms with E-state index in [1.165, 1.54) is 80.4 Å². The molecule has 2 rings (SSSR count). The summed E-state index contributed by atoms with van der Waals surface area (Å²) in [7, 11) is -2.25. The first kappa shape index (κ1) is 34.5. The van der Waals surface area contributed by atoms with E-state index in [9.17, 15) is 8.42 Å². The van der Waals surface area contributed by atoms with Crippen molar-refractivity contribution in [3.8, 4) is 0 Å². The van der Waals surface area contributed by atoms with E-state index in [4.69, 9.17) is 4.55 Å². The molecule has 1 aliphatic rings. The van der Waals surface area contributed by atoms with E-state index in [1.807, 2.05) is 6.92 Å². The van der Waals surface area contributed by atoms with Gasteiger partial charge in [0.2, 0.25) is 0 Å². The average Bonchev–Trinajstić information content (AvgIpc) is 3.11. The molecule has 0 bridgehead atoms. The van der Waals surface area contributed by atoms with Crippen LogP contribution in [0, 0.1) is 24.7 Å². The molecule has 1 fully saturated rings. The number of aryl methyl sites for hydroxylation is 1. The highest BCUT2D eigenvalue weighted by Gasteiger charge is 2.34. The van der Waals surface area contributed by atoms with Crippen LogP contribution in [0.1, 0.15) is 79.7 Å². The third kappa shape index (κ3) is 16.8. The standard InChI is InChI=1S/C13H30P.C9H20N.C7H8O3S/c1-11(2)8-14(7,9-12(3)4)10-13(5)6;1-3-4-7-10(2)8-5-6-9-10;1-6-2-4-7(5-3-6)11(8,9)10/h11-13H,8-10H2,1-7H3;3-9H2,1-2H3;2-5H,1H3,(H,8,9,10)/q2*+1;. The van der Waals surface area contributed by atoms with Gasteiger partial charge in [-0.15, -0.1) is 0 Å². The molecule has 0 amide bonds. The van der Waals surface area contributed by atoms with Gasteiger partial charge >= 0.3 is 0 Å². The van der Waals surface area contributed by atoms with Crippen molar-refractivity contribution in [2.75, 3.05) is 51.8 Å². The van der Waals surface area contributed by atoms with Gasteiger partial charge in [-0.1, -0.05) is 72.6 Å².